The van der Waals surface area contributed by atoms with E-state index in [1.807, 2.05) is 78.9 Å². The highest BCUT2D eigenvalue weighted by atomic mass is 16.1. The summed E-state index contributed by atoms with van der Waals surface area (Å²) >= 11 is 0. The molecule has 0 aliphatic rings. The Hall–Kier alpha value is -4.31. The van der Waals surface area contributed by atoms with Crippen LogP contribution in [0, 0.1) is 0 Å². The predicted octanol–water partition coefficient (Wildman–Crippen LogP) is 6.47. The zero-order valence-corrected chi connectivity index (χ0v) is 18.1. The molecule has 1 atom stereocenters. The molecule has 4 nitrogen and oxygen atoms in total. The van der Waals surface area contributed by atoms with Crippen LogP contribution in [0.25, 0.3) is 22.4 Å². The van der Waals surface area contributed by atoms with E-state index in [2.05, 4.69) is 41.5 Å². The van der Waals surface area contributed by atoms with E-state index in [0.717, 1.165) is 27.9 Å². The molecule has 0 fully saturated rings. The summed E-state index contributed by atoms with van der Waals surface area (Å²) in [6.45, 7) is 0. The highest BCUT2D eigenvalue weighted by Gasteiger charge is 2.22. The molecular formula is C29H23N3O. The predicted molar refractivity (Wildman–Crippen MR) is 131 cm³/mol. The Kier molecular flexibility index (Phi) is 5.89. The minimum absolute atomic E-state index is 0.0614. The van der Waals surface area contributed by atoms with E-state index in [1.165, 1.54) is 0 Å². The van der Waals surface area contributed by atoms with Crippen molar-refractivity contribution in [2.45, 2.75) is 12.5 Å². The summed E-state index contributed by atoms with van der Waals surface area (Å²) in [5.74, 6) is 0.0614. The van der Waals surface area contributed by atoms with Gasteiger partial charge in [-0.25, -0.2) is 0 Å². The van der Waals surface area contributed by atoms with E-state index in [9.17, 15) is 4.79 Å². The number of Topliss-reactive ketones (excluding diaryl/α,β-unsaturated/α-hetero) is 1. The Morgan fingerprint density at radius 1 is 0.667 bits per heavy atom. The maximum absolute atomic E-state index is 13.1. The Morgan fingerprint density at radius 3 is 1.85 bits per heavy atom. The fraction of sp³-hybridized carbons (Fsp3) is 0.0690. The molecule has 160 valence electrons. The minimum atomic E-state index is -0.306. The highest BCUT2D eigenvalue weighted by molar-refractivity contribution is 5.96. The summed E-state index contributed by atoms with van der Waals surface area (Å²) in [6, 6.07) is 37.6. The molecule has 1 unspecified atom stereocenters. The van der Waals surface area contributed by atoms with Gasteiger partial charge in [-0.1, -0.05) is 115 Å². The summed E-state index contributed by atoms with van der Waals surface area (Å²) < 4.78 is 0. The second-order valence-corrected chi connectivity index (χ2v) is 7.91. The van der Waals surface area contributed by atoms with Gasteiger partial charge in [0.25, 0.3) is 0 Å². The van der Waals surface area contributed by atoms with E-state index in [-0.39, 0.29) is 18.2 Å². The molecule has 4 heteroatoms. The Balaban J connectivity index is 1.49. The molecule has 0 amide bonds. The van der Waals surface area contributed by atoms with Gasteiger partial charge in [-0.05, 0) is 16.7 Å². The van der Waals surface area contributed by atoms with Crippen LogP contribution in [0.3, 0.4) is 0 Å². The van der Waals surface area contributed by atoms with E-state index >= 15 is 0 Å². The standard InChI is InChI=1S/C29H23N3O/c33-29(26-14-8-3-9-15-26)20-28(32-30-21-27(31-32)24-12-6-2-7-13-24)25-18-16-23(17-19-25)22-10-4-1-5-11-22/h1-19,21,28H,20H2. The number of nitrogens with zero attached hydrogens (tertiary/aromatic N) is 3. The largest absolute Gasteiger partial charge is 0.294 e. The first-order valence-corrected chi connectivity index (χ1v) is 11.0. The van der Waals surface area contributed by atoms with Crippen LogP contribution in [0.4, 0.5) is 0 Å². The molecule has 0 spiro atoms. The first-order valence-electron chi connectivity index (χ1n) is 11.0. The van der Waals surface area contributed by atoms with Crippen LogP contribution in [0.2, 0.25) is 0 Å². The van der Waals surface area contributed by atoms with Crippen LogP contribution < -0.4 is 0 Å². The van der Waals surface area contributed by atoms with Crippen molar-refractivity contribution in [1.82, 2.24) is 15.0 Å². The van der Waals surface area contributed by atoms with Gasteiger partial charge in [0.05, 0.1) is 6.20 Å². The normalized spacial score (nSPS) is 11.8. The van der Waals surface area contributed by atoms with Gasteiger partial charge in [-0.15, -0.1) is 0 Å². The molecule has 0 saturated heterocycles. The molecule has 1 heterocycles. The summed E-state index contributed by atoms with van der Waals surface area (Å²) in [4.78, 5) is 14.8. The SMILES string of the molecule is O=C(CC(c1ccc(-c2ccccc2)cc1)n1ncc(-c2ccccc2)n1)c1ccccc1. The molecule has 5 rings (SSSR count). The minimum Gasteiger partial charge on any atom is -0.294 e. The van der Waals surface area contributed by atoms with Crippen molar-refractivity contribution in [1.29, 1.82) is 0 Å². The summed E-state index contributed by atoms with van der Waals surface area (Å²) in [5, 5.41) is 9.29. The molecule has 4 aromatic carbocycles. The van der Waals surface area contributed by atoms with Gasteiger partial charge in [-0.2, -0.15) is 15.0 Å². The smallest absolute Gasteiger partial charge is 0.165 e. The number of benzene rings is 4. The monoisotopic (exact) mass is 429 g/mol. The molecular weight excluding hydrogens is 406 g/mol. The molecule has 0 radical (unpaired) electrons. The van der Waals surface area contributed by atoms with Crippen LogP contribution in [0.5, 0.6) is 0 Å². The van der Waals surface area contributed by atoms with Crippen molar-refractivity contribution in [2.24, 2.45) is 0 Å². The van der Waals surface area contributed by atoms with Gasteiger partial charge in [0, 0.05) is 17.5 Å². The number of aromatic nitrogens is 3. The molecule has 0 bridgehead atoms. The van der Waals surface area contributed by atoms with Gasteiger partial charge in [-0.3, -0.25) is 4.79 Å². The van der Waals surface area contributed by atoms with Crippen molar-refractivity contribution < 1.29 is 4.79 Å². The summed E-state index contributed by atoms with van der Waals surface area (Å²) in [6.07, 6.45) is 2.03. The maximum Gasteiger partial charge on any atom is 0.165 e. The third-order valence-electron chi connectivity index (χ3n) is 5.73. The van der Waals surface area contributed by atoms with Crippen molar-refractivity contribution in [3.63, 3.8) is 0 Å². The van der Waals surface area contributed by atoms with E-state index in [4.69, 9.17) is 5.10 Å². The Morgan fingerprint density at radius 2 is 1.21 bits per heavy atom. The Bertz CT molecular complexity index is 1330. The third kappa shape index (κ3) is 4.65. The lowest BCUT2D eigenvalue weighted by molar-refractivity contribution is 0.0964. The average molecular weight is 430 g/mol. The number of hydrogen-bond donors (Lipinski definition) is 0. The second kappa shape index (κ2) is 9.45. The van der Waals surface area contributed by atoms with Gasteiger partial charge in [0.2, 0.25) is 0 Å². The van der Waals surface area contributed by atoms with E-state index in [0.29, 0.717) is 5.56 Å². The molecule has 0 saturated carbocycles. The quantitative estimate of drug-likeness (QED) is 0.278. The third-order valence-corrected chi connectivity index (χ3v) is 5.73. The fourth-order valence-corrected chi connectivity index (χ4v) is 3.95. The van der Waals surface area contributed by atoms with Gasteiger partial charge in [0.15, 0.2) is 5.78 Å². The first kappa shape index (κ1) is 20.6. The zero-order chi connectivity index (χ0) is 22.5. The van der Waals surface area contributed by atoms with Crippen LogP contribution >= 0.6 is 0 Å². The molecule has 5 aromatic rings. The Labute approximate surface area is 193 Å². The number of hydrogen-bond acceptors (Lipinski definition) is 3. The van der Waals surface area contributed by atoms with Crippen LogP contribution in [0.1, 0.15) is 28.4 Å². The van der Waals surface area contributed by atoms with Crippen molar-refractivity contribution in [3.05, 3.63) is 133 Å². The van der Waals surface area contributed by atoms with Crippen molar-refractivity contribution in [2.75, 3.05) is 0 Å². The van der Waals surface area contributed by atoms with E-state index in [1.54, 1.807) is 11.0 Å². The van der Waals surface area contributed by atoms with Gasteiger partial charge >= 0.3 is 0 Å². The number of carbonyl (C=O) groups is 1. The molecule has 0 aliphatic carbocycles. The summed E-state index contributed by atoms with van der Waals surface area (Å²) in [5.41, 5.74) is 5.76. The number of rotatable bonds is 7. The zero-order valence-electron chi connectivity index (χ0n) is 18.1. The maximum atomic E-state index is 13.1. The number of ketones is 1. The van der Waals surface area contributed by atoms with Crippen LogP contribution in [-0.4, -0.2) is 20.8 Å². The lowest BCUT2D eigenvalue weighted by Gasteiger charge is -2.17. The molecule has 0 N–H and O–H groups in total. The summed E-state index contributed by atoms with van der Waals surface area (Å²) in [7, 11) is 0. The lowest BCUT2D eigenvalue weighted by atomic mass is 9.96. The van der Waals surface area contributed by atoms with Crippen LogP contribution in [0.15, 0.2) is 121 Å². The van der Waals surface area contributed by atoms with E-state index < -0.39 is 0 Å². The van der Waals surface area contributed by atoms with Gasteiger partial charge < -0.3 is 0 Å². The molecule has 0 aliphatic heterocycles. The number of carbonyl (C=O) groups excluding carboxylic acids is 1. The second-order valence-electron chi connectivity index (χ2n) is 7.91. The van der Waals surface area contributed by atoms with Crippen LogP contribution in [-0.2, 0) is 0 Å². The van der Waals surface area contributed by atoms with Crippen molar-refractivity contribution >= 4 is 5.78 Å². The molecule has 1 aromatic heterocycles. The van der Waals surface area contributed by atoms with Gasteiger partial charge in [0.1, 0.15) is 11.7 Å². The van der Waals surface area contributed by atoms with Crippen molar-refractivity contribution in [3.8, 4) is 22.4 Å². The lowest BCUT2D eigenvalue weighted by Crippen LogP contribution is -2.18. The molecule has 33 heavy (non-hydrogen) atoms. The highest BCUT2D eigenvalue weighted by Crippen LogP contribution is 2.27. The average Bonchev–Trinajstić information content (AvgIpc) is 3.39. The topological polar surface area (TPSA) is 47.8 Å². The first-order chi connectivity index (χ1) is 16.3. The fourth-order valence-electron chi connectivity index (χ4n) is 3.95.